The maximum absolute atomic E-state index is 12.5. The fraction of sp³-hybridized carbons (Fsp3) is 0.667. The highest BCUT2D eigenvalue weighted by atomic mass is 32.2. The van der Waals surface area contributed by atoms with Gasteiger partial charge in [0.1, 0.15) is 4.21 Å². The molecule has 2 heterocycles. The van der Waals surface area contributed by atoms with E-state index in [1.807, 2.05) is 13.8 Å². The molecule has 21 heavy (non-hydrogen) atoms. The number of hydrogen-bond acceptors (Lipinski definition) is 6. The van der Waals surface area contributed by atoms with Gasteiger partial charge >= 0.3 is 0 Å². The Hall–Kier alpha value is -0.480. The highest BCUT2D eigenvalue weighted by Crippen LogP contribution is 2.26. The summed E-state index contributed by atoms with van der Waals surface area (Å²) < 4.78 is 49.3. The van der Waals surface area contributed by atoms with Crippen LogP contribution in [-0.2, 0) is 26.4 Å². The van der Waals surface area contributed by atoms with Gasteiger partial charge in [0.2, 0.25) is 0 Å². The zero-order valence-electron chi connectivity index (χ0n) is 12.1. The van der Waals surface area contributed by atoms with Crippen molar-refractivity contribution in [1.29, 1.82) is 0 Å². The molecule has 0 spiro atoms. The molecule has 0 radical (unpaired) electrons. The minimum atomic E-state index is -3.57. The molecule has 120 valence electrons. The normalized spacial score (nSPS) is 20.0. The van der Waals surface area contributed by atoms with Gasteiger partial charge in [-0.05, 0) is 12.1 Å². The minimum Gasteiger partial charge on any atom is -0.310 e. The van der Waals surface area contributed by atoms with Crippen LogP contribution in [0.1, 0.15) is 18.7 Å². The maximum Gasteiger partial charge on any atom is 0.252 e. The van der Waals surface area contributed by atoms with Crippen LogP contribution in [0.3, 0.4) is 0 Å². The summed E-state index contributed by atoms with van der Waals surface area (Å²) in [6.45, 7) is 4.77. The van der Waals surface area contributed by atoms with Crippen molar-refractivity contribution in [3.05, 3.63) is 17.0 Å². The first-order valence-electron chi connectivity index (χ1n) is 6.73. The standard InChI is InChI=1S/C12H20N2O4S3/c1-10(2)13-9-11-3-4-12(19-11)21(17,18)14-5-7-20(15,16)8-6-14/h3-4,10,13H,5-9H2,1-2H3. The molecule has 0 aliphatic carbocycles. The SMILES string of the molecule is CC(C)NCc1ccc(S(=O)(=O)N2CCS(=O)(=O)CC2)s1. The minimum absolute atomic E-state index is 0.0438. The number of nitrogens with zero attached hydrogens (tertiary/aromatic N) is 1. The van der Waals surface area contributed by atoms with Crippen molar-refractivity contribution < 1.29 is 16.8 Å². The number of sulfonamides is 1. The molecule has 1 saturated heterocycles. The zero-order valence-corrected chi connectivity index (χ0v) is 14.5. The average Bonchev–Trinajstić information content (AvgIpc) is 2.85. The molecule has 1 fully saturated rings. The van der Waals surface area contributed by atoms with Crippen molar-refractivity contribution in [3.63, 3.8) is 0 Å². The van der Waals surface area contributed by atoms with Gasteiger partial charge in [-0.1, -0.05) is 13.8 Å². The average molecular weight is 353 g/mol. The first-order valence-corrected chi connectivity index (χ1v) is 10.8. The Balaban J connectivity index is 2.10. The van der Waals surface area contributed by atoms with Crippen molar-refractivity contribution in [1.82, 2.24) is 9.62 Å². The van der Waals surface area contributed by atoms with Crippen LogP contribution in [0, 0.1) is 0 Å². The van der Waals surface area contributed by atoms with E-state index in [0.29, 0.717) is 12.6 Å². The van der Waals surface area contributed by atoms with E-state index in [9.17, 15) is 16.8 Å². The number of nitrogens with one attached hydrogen (secondary N) is 1. The fourth-order valence-corrected chi connectivity index (χ4v) is 6.29. The van der Waals surface area contributed by atoms with Crippen LogP contribution in [0.25, 0.3) is 0 Å². The lowest BCUT2D eigenvalue weighted by atomic mass is 10.4. The van der Waals surface area contributed by atoms with Crippen LogP contribution in [0.15, 0.2) is 16.3 Å². The first kappa shape index (κ1) is 16.9. The summed E-state index contributed by atoms with van der Waals surface area (Å²) >= 11 is 1.23. The van der Waals surface area contributed by atoms with E-state index in [4.69, 9.17) is 0 Å². The molecule has 0 bridgehead atoms. The lowest BCUT2D eigenvalue weighted by molar-refractivity contribution is 0.432. The molecular weight excluding hydrogens is 332 g/mol. The van der Waals surface area contributed by atoms with Gasteiger partial charge in [-0.2, -0.15) is 4.31 Å². The molecule has 1 aromatic rings. The Bertz CT molecular complexity index is 678. The van der Waals surface area contributed by atoms with Gasteiger partial charge in [0.25, 0.3) is 10.0 Å². The molecule has 0 amide bonds. The third kappa shape index (κ3) is 4.26. The largest absolute Gasteiger partial charge is 0.310 e. The van der Waals surface area contributed by atoms with Gasteiger partial charge in [-0.3, -0.25) is 0 Å². The van der Waals surface area contributed by atoms with E-state index in [2.05, 4.69) is 5.32 Å². The smallest absolute Gasteiger partial charge is 0.252 e. The second kappa shape index (κ2) is 6.33. The van der Waals surface area contributed by atoms with Gasteiger partial charge in [-0.15, -0.1) is 11.3 Å². The van der Waals surface area contributed by atoms with Gasteiger partial charge in [0, 0.05) is 30.6 Å². The van der Waals surface area contributed by atoms with Crippen molar-refractivity contribution in [2.45, 2.75) is 30.6 Å². The Kier molecular flexibility index (Phi) is 5.09. The second-order valence-corrected chi connectivity index (χ2v) is 10.9. The molecule has 1 N–H and O–H groups in total. The lowest BCUT2D eigenvalue weighted by Gasteiger charge is -2.25. The zero-order chi connectivity index (χ0) is 15.7. The highest BCUT2D eigenvalue weighted by molar-refractivity contribution is 7.92. The van der Waals surface area contributed by atoms with Crippen LogP contribution in [0.5, 0.6) is 0 Å². The molecule has 0 saturated carbocycles. The van der Waals surface area contributed by atoms with Gasteiger partial charge in [-0.25, -0.2) is 16.8 Å². The van der Waals surface area contributed by atoms with E-state index in [0.717, 1.165) is 4.88 Å². The summed E-state index contributed by atoms with van der Waals surface area (Å²) in [6, 6.07) is 3.73. The predicted molar refractivity (Wildman–Crippen MR) is 83.7 cm³/mol. The number of hydrogen-bond donors (Lipinski definition) is 1. The summed E-state index contributed by atoms with van der Waals surface area (Å²) in [5.41, 5.74) is 0. The molecule has 0 aromatic carbocycles. The second-order valence-electron chi connectivity index (χ2n) is 5.31. The molecule has 2 rings (SSSR count). The van der Waals surface area contributed by atoms with Crippen molar-refractivity contribution in [2.75, 3.05) is 24.6 Å². The monoisotopic (exact) mass is 352 g/mol. The molecule has 0 unspecified atom stereocenters. The van der Waals surface area contributed by atoms with Crippen LogP contribution < -0.4 is 5.32 Å². The van der Waals surface area contributed by atoms with E-state index in [1.165, 1.54) is 15.6 Å². The van der Waals surface area contributed by atoms with Gasteiger partial charge in [0.15, 0.2) is 9.84 Å². The third-order valence-corrected chi connectivity index (χ3v) is 8.28. The predicted octanol–water partition coefficient (Wildman–Crippen LogP) is 0.665. The van der Waals surface area contributed by atoms with Crippen molar-refractivity contribution in [2.24, 2.45) is 0 Å². The molecule has 1 aliphatic heterocycles. The summed E-state index contributed by atoms with van der Waals surface area (Å²) in [6.07, 6.45) is 0. The Morgan fingerprint density at radius 1 is 1.29 bits per heavy atom. The van der Waals surface area contributed by atoms with Crippen LogP contribution in [0.2, 0.25) is 0 Å². The molecule has 6 nitrogen and oxygen atoms in total. The molecule has 1 aliphatic rings. The quantitative estimate of drug-likeness (QED) is 0.842. The number of rotatable bonds is 5. The third-order valence-electron chi connectivity index (χ3n) is 3.22. The van der Waals surface area contributed by atoms with Crippen molar-refractivity contribution >= 4 is 31.2 Å². The Morgan fingerprint density at radius 3 is 2.48 bits per heavy atom. The molecular formula is C12H20N2O4S3. The summed E-state index contributed by atoms with van der Waals surface area (Å²) in [5, 5.41) is 3.24. The van der Waals surface area contributed by atoms with Gasteiger partial charge in [0.05, 0.1) is 11.5 Å². The number of thiophene rings is 1. The van der Waals surface area contributed by atoms with Crippen molar-refractivity contribution in [3.8, 4) is 0 Å². The fourth-order valence-electron chi connectivity index (χ4n) is 1.96. The maximum atomic E-state index is 12.5. The molecule has 1 aromatic heterocycles. The van der Waals surface area contributed by atoms with Crippen LogP contribution >= 0.6 is 11.3 Å². The summed E-state index contributed by atoms with van der Waals surface area (Å²) in [4.78, 5) is 0.951. The van der Waals surface area contributed by atoms with Gasteiger partial charge < -0.3 is 5.32 Å². The van der Waals surface area contributed by atoms with Crippen LogP contribution in [-0.4, -0.2) is 51.8 Å². The molecule has 0 atom stereocenters. The van der Waals surface area contributed by atoms with E-state index in [1.54, 1.807) is 12.1 Å². The highest BCUT2D eigenvalue weighted by Gasteiger charge is 2.32. The first-order chi connectivity index (χ1) is 9.71. The Morgan fingerprint density at radius 2 is 1.90 bits per heavy atom. The topological polar surface area (TPSA) is 83.6 Å². The van der Waals surface area contributed by atoms with E-state index < -0.39 is 19.9 Å². The van der Waals surface area contributed by atoms with E-state index >= 15 is 0 Å². The van der Waals surface area contributed by atoms with E-state index in [-0.39, 0.29) is 28.8 Å². The Labute approximate surface area is 130 Å². The molecule has 9 heteroatoms. The van der Waals surface area contributed by atoms with Crippen LogP contribution in [0.4, 0.5) is 0 Å². The number of sulfone groups is 1. The summed E-state index contributed by atoms with van der Waals surface area (Å²) in [7, 11) is -6.65. The lowest BCUT2D eigenvalue weighted by Crippen LogP contribution is -2.43. The summed E-state index contributed by atoms with van der Waals surface area (Å²) in [5.74, 6) is -0.196.